The number of amides is 1. The quantitative estimate of drug-likeness (QED) is 0.832. The van der Waals surface area contributed by atoms with E-state index in [4.69, 9.17) is 0 Å². The van der Waals surface area contributed by atoms with Crippen LogP contribution in [0, 0.1) is 18.7 Å². The second-order valence-electron chi connectivity index (χ2n) is 4.79. The van der Waals surface area contributed by atoms with Gasteiger partial charge < -0.3 is 10.4 Å². The average molecular weight is 267 g/mol. The van der Waals surface area contributed by atoms with E-state index in [-0.39, 0.29) is 18.0 Å². The number of halogens is 1. The first-order valence-corrected chi connectivity index (χ1v) is 6.72. The molecule has 3 nitrogen and oxygen atoms in total. The van der Waals surface area contributed by atoms with Gasteiger partial charge >= 0.3 is 0 Å². The molecule has 0 saturated heterocycles. The molecule has 0 bridgehead atoms. The van der Waals surface area contributed by atoms with Crippen LogP contribution in [0.5, 0.6) is 0 Å². The largest absolute Gasteiger partial charge is 0.391 e. The predicted molar refractivity (Wildman–Crippen MR) is 73.5 cm³/mol. The summed E-state index contributed by atoms with van der Waals surface area (Å²) >= 11 is 0. The van der Waals surface area contributed by atoms with Gasteiger partial charge in [0.1, 0.15) is 5.82 Å². The first-order chi connectivity index (χ1) is 9.01. The molecule has 0 aliphatic carbocycles. The molecule has 0 aliphatic heterocycles. The van der Waals surface area contributed by atoms with Crippen molar-refractivity contribution in [2.45, 2.75) is 39.7 Å². The van der Waals surface area contributed by atoms with E-state index in [1.165, 1.54) is 6.07 Å². The Morgan fingerprint density at radius 1 is 1.37 bits per heavy atom. The van der Waals surface area contributed by atoms with Gasteiger partial charge in [-0.1, -0.05) is 38.8 Å². The van der Waals surface area contributed by atoms with Crippen LogP contribution in [0.3, 0.4) is 0 Å². The van der Waals surface area contributed by atoms with Crippen molar-refractivity contribution in [2.24, 2.45) is 5.92 Å². The minimum Gasteiger partial charge on any atom is -0.391 e. The Kier molecular flexibility index (Phi) is 5.96. The van der Waals surface area contributed by atoms with Gasteiger partial charge in [0, 0.05) is 6.54 Å². The SMILES string of the molecule is CCC(CC)C(O)CNC(=O)c1cccc(C)c1F. The van der Waals surface area contributed by atoms with Gasteiger partial charge in [0.2, 0.25) is 0 Å². The van der Waals surface area contributed by atoms with Gasteiger partial charge in [-0.25, -0.2) is 4.39 Å². The third-order valence-corrected chi connectivity index (χ3v) is 3.50. The Balaban J connectivity index is 2.63. The normalized spacial score (nSPS) is 12.5. The standard InChI is InChI=1S/C15H22FNO2/c1-4-11(5-2)13(18)9-17-15(19)12-8-6-7-10(3)14(12)16/h6-8,11,13,18H,4-5,9H2,1-3H3,(H,17,19). The minimum atomic E-state index is -0.591. The lowest BCUT2D eigenvalue weighted by molar-refractivity contribution is 0.0813. The maximum Gasteiger partial charge on any atom is 0.254 e. The molecule has 1 amide bonds. The highest BCUT2D eigenvalue weighted by Crippen LogP contribution is 2.14. The maximum absolute atomic E-state index is 13.7. The summed E-state index contributed by atoms with van der Waals surface area (Å²) in [5.41, 5.74) is 0.463. The molecular weight excluding hydrogens is 245 g/mol. The van der Waals surface area contributed by atoms with Gasteiger partial charge in [0.25, 0.3) is 5.91 Å². The first kappa shape index (κ1) is 15.6. The average Bonchev–Trinajstić information content (AvgIpc) is 2.40. The van der Waals surface area contributed by atoms with E-state index < -0.39 is 17.8 Å². The Morgan fingerprint density at radius 3 is 2.58 bits per heavy atom. The number of aryl methyl sites for hydroxylation is 1. The lowest BCUT2D eigenvalue weighted by Gasteiger charge is -2.20. The van der Waals surface area contributed by atoms with Crippen LogP contribution >= 0.6 is 0 Å². The van der Waals surface area contributed by atoms with Crippen molar-refractivity contribution in [1.29, 1.82) is 0 Å². The number of hydrogen-bond donors (Lipinski definition) is 2. The summed E-state index contributed by atoms with van der Waals surface area (Å²) in [6, 6.07) is 4.71. The van der Waals surface area contributed by atoms with Crippen LogP contribution in [0.25, 0.3) is 0 Å². The lowest BCUT2D eigenvalue weighted by Crippen LogP contribution is -2.36. The van der Waals surface area contributed by atoms with Gasteiger partial charge in [0.05, 0.1) is 11.7 Å². The molecule has 106 valence electrons. The molecule has 1 atom stereocenters. The minimum absolute atomic E-state index is 0.0248. The van der Waals surface area contributed by atoms with Crippen molar-refractivity contribution >= 4 is 5.91 Å². The van der Waals surface area contributed by atoms with E-state index in [2.05, 4.69) is 5.32 Å². The Labute approximate surface area is 113 Å². The van der Waals surface area contributed by atoms with Crippen LogP contribution < -0.4 is 5.32 Å². The predicted octanol–water partition coefficient (Wildman–Crippen LogP) is 2.66. The highest BCUT2D eigenvalue weighted by atomic mass is 19.1. The second-order valence-corrected chi connectivity index (χ2v) is 4.79. The van der Waals surface area contributed by atoms with E-state index in [9.17, 15) is 14.3 Å². The van der Waals surface area contributed by atoms with Crippen LogP contribution in [0.4, 0.5) is 4.39 Å². The van der Waals surface area contributed by atoms with Crippen LogP contribution in [-0.2, 0) is 0 Å². The third kappa shape index (κ3) is 4.03. The molecule has 0 heterocycles. The summed E-state index contributed by atoms with van der Waals surface area (Å²) in [6.07, 6.45) is 1.12. The second kappa shape index (κ2) is 7.24. The molecule has 0 radical (unpaired) electrons. The summed E-state index contributed by atoms with van der Waals surface area (Å²) in [4.78, 5) is 11.9. The fraction of sp³-hybridized carbons (Fsp3) is 0.533. The van der Waals surface area contributed by atoms with E-state index in [0.29, 0.717) is 5.56 Å². The number of aliphatic hydroxyl groups excluding tert-OH is 1. The number of benzene rings is 1. The number of nitrogens with one attached hydrogen (secondary N) is 1. The molecule has 0 fully saturated rings. The fourth-order valence-electron chi connectivity index (χ4n) is 2.11. The van der Waals surface area contributed by atoms with E-state index in [1.54, 1.807) is 19.1 Å². The number of hydrogen-bond acceptors (Lipinski definition) is 2. The molecule has 1 aromatic carbocycles. The van der Waals surface area contributed by atoms with Gasteiger partial charge in [-0.2, -0.15) is 0 Å². The van der Waals surface area contributed by atoms with Crippen molar-refractivity contribution in [2.75, 3.05) is 6.54 Å². The summed E-state index contributed by atoms with van der Waals surface area (Å²) in [5, 5.41) is 12.5. The number of carbonyl (C=O) groups excluding carboxylic acids is 1. The maximum atomic E-state index is 13.7. The molecule has 1 aromatic rings. The topological polar surface area (TPSA) is 49.3 Å². The van der Waals surface area contributed by atoms with E-state index in [0.717, 1.165) is 12.8 Å². The molecule has 1 rings (SSSR count). The molecule has 0 aromatic heterocycles. The molecule has 0 aliphatic rings. The number of carbonyl (C=O) groups is 1. The van der Waals surface area contributed by atoms with Crippen LogP contribution in [0.2, 0.25) is 0 Å². The van der Waals surface area contributed by atoms with Gasteiger partial charge in [-0.05, 0) is 24.5 Å². The van der Waals surface area contributed by atoms with E-state index in [1.807, 2.05) is 13.8 Å². The van der Waals surface area contributed by atoms with Gasteiger partial charge in [-0.3, -0.25) is 4.79 Å². The zero-order valence-electron chi connectivity index (χ0n) is 11.7. The highest BCUT2D eigenvalue weighted by Gasteiger charge is 2.18. The van der Waals surface area contributed by atoms with Crippen LogP contribution in [0.1, 0.15) is 42.6 Å². The Morgan fingerprint density at radius 2 is 2.00 bits per heavy atom. The van der Waals surface area contributed by atoms with Gasteiger partial charge in [0.15, 0.2) is 0 Å². The van der Waals surface area contributed by atoms with Crippen LogP contribution in [0.15, 0.2) is 18.2 Å². The summed E-state index contributed by atoms with van der Waals surface area (Å²) in [6.45, 7) is 5.77. The Hall–Kier alpha value is -1.42. The third-order valence-electron chi connectivity index (χ3n) is 3.50. The van der Waals surface area contributed by atoms with E-state index >= 15 is 0 Å². The molecule has 0 saturated carbocycles. The Bertz CT molecular complexity index is 430. The van der Waals surface area contributed by atoms with Crippen molar-refractivity contribution in [1.82, 2.24) is 5.32 Å². The van der Waals surface area contributed by atoms with Crippen molar-refractivity contribution in [3.8, 4) is 0 Å². The summed E-state index contributed by atoms with van der Waals surface area (Å²) < 4.78 is 13.7. The zero-order chi connectivity index (χ0) is 14.4. The summed E-state index contributed by atoms with van der Waals surface area (Å²) in [5.74, 6) is -0.828. The number of rotatable bonds is 6. The molecule has 19 heavy (non-hydrogen) atoms. The molecule has 2 N–H and O–H groups in total. The molecule has 1 unspecified atom stereocenters. The smallest absolute Gasteiger partial charge is 0.254 e. The van der Waals surface area contributed by atoms with Crippen molar-refractivity contribution in [3.63, 3.8) is 0 Å². The van der Waals surface area contributed by atoms with Gasteiger partial charge in [-0.15, -0.1) is 0 Å². The first-order valence-electron chi connectivity index (χ1n) is 6.72. The summed E-state index contributed by atoms with van der Waals surface area (Å²) in [7, 11) is 0. The number of aliphatic hydroxyl groups is 1. The monoisotopic (exact) mass is 267 g/mol. The molecule has 0 spiro atoms. The molecular formula is C15H22FNO2. The molecule has 4 heteroatoms. The van der Waals surface area contributed by atoms with Crippen molar-refractivity contribution < 1.29 is 14.3 Å². The lowest BCUT2D eigenvalue weighted by atomic mass is 9.96. The van der Waals surface area contributed by atoms with Crippen molar-refractivity contribution in [3.05, 3.63) is 35.1 Å². The fourth-order valence-corrected chi connectivity index (χ4v) is 2.11. The van der Waals surface area contributed by atoms with Crippen LogP contribution in [-0.4, -0.2) is 23.7 Å². The zero-order valence-corrected chi connectivity index (χ0v) is 11.7. The highest BCUT2D eigenvalue weighted by molar-refractivity contribution is 5.94.